The lowest BCUT2D eigenvalue weighted by atomic mass is 10.1. The molecule has 0 amide bonds. The van der Waals surface area contributed by atoms with Gasteiger partial charge in [0.2, 0.25) is 0 Å². The molecule has 1 N–H and O–H groups in total. The van der Waals surface area contributed by atoms with Gasteiger partial charge in [-0.05, 0) is 40.7 Å². The largest absolute Gasteiger partial charge is 0.377 e. The van der Waals surface area contributed by atoms with Crippen molar-refractivity contribution in [2.24, 2.45) is 0 Å². The summed E-state index contributed by atoms with van der Waals surface area (Å²) in [5.41, 5.74) is 3.74. The molecule has 112 valence electrons. The monoisotopic (exact) mass is 277 g/mol. The Morgan fingerprint density at radius 1 is 1.45 bits per heavy atom. The molecule has 0 saturated carbocycles. The van der Waals surface area contributed by atoms with Crippen LogP contribution in [0.15, 0.2) is 12.3 Å². The zero-order valence-electron chi connectivity index (χ0n) is 13.4. The third-order valence-corrected chi connectivity index (χ3v) is 3.58. The molecule has 1 atom stereocenters. The Kier molecular flexibility index (Phi) is 4.66. The highest BCUT2D eigenvalue weighted by Gasteiger charge is 2.22. The Hall–Kier alpha value is -1.13. The van der Waals surface area contributed by atoms with Crippen LogP contribution in [0.1, 0.15) is 39.0 Å². The van der Waals surface area contributed by atoms with Gasteiger partial charge in [-0.15, -0.1) is 0 Å². The number of aryl methyl sites for hydroxylation is 1. The lowest BCUT2D eigenvalue weighted by molar-refractivity contribution is 0.0988. The van der Waals surface area contributed by atoms with E-state index in [0.717, 1.165) is 32.0 Å². The Balaban J connectivity index is 2.23. The van der Waals surface area contributed by atoms with Crippen LogP contribution in [0, 0.1) is 6.92 Å². The quantitative estimate of drug-likeness (QED) is 0.921. The van der Waals surface area contributed by atoms with Crippen LogP contribution in [0.5, 0.6) is 0 Å². The number of nitrogens with zero attached hydrogens (tertiary/aromatic N) is 2. The van der Waals surface area contributed by atoms with Gasteiger partial charge >= 0.3 is 0 Å². The van der Waals surface area contributed by atoms with E-state index >= 15 is 0 Å². The summed E-state index contributed by atoms with van der Waals surface area (Å²) in [6.07, 6.45) is 2.01. The predicted octanol–water partition coefficient (Wildman–Crippen LogP) is 2.50. The second-order valence-electron chi connectivity index (χ2n) is 6.68. The maximum Gasteiger partial charge on any atom is 0.0668 e. The third kappa shape index (κ3) is 3.93. The summed E-state index contributed by atoms with van der Waals surface area (Å²) >= 11 is 0. The van der Waals surface area contributed by atoms with Gasteiger partial charge in [0.25, 0.3) is 0 Å². The molecule has 0 radical (unpaired) electrons. The van der Waals surface area contributed by atoms with Crippen molar-refractivity contribution in [2.45, 2.75) is 52.7 Å². The van der Waals surface area contributed by atoms with E-state index in [4.69, 9.17) is 4.74 Å². The van der Waals surface area contributed by atoms with Gasteiger partial charge in [0.1, 0.15) is 0 Å². The molecule has 0 aliphatic carbocycles. The minimum absolute atomic E-state index is 0.110. The van der Waals surface area contributed by atoms with E-state index in [9.17, 15) is 0 Å². The molecular weight excluding hydrogens is 250 g/mol. The van der Waals surface area contributed by atoms with Crippen molar-refractivity contribution in [2.75, 3.05) is 24.7 Å². The van der Waals surface area contributed by atoms with Crippen LogP contribution in [0.3, 0.4) is 0 Å². The molecule has 1 unspecified atom stereocenters. The van der Waals surface area contributed by atoms with Crippen molar-refractivity contribution in [3.63, 3.8) is 0 Å². The number of rotatable bonds is 3. The second kappa shape index (κ2) is 6.10. The molecule has 4 heteroatoms. The molecule has 1 aromatic rings. The molecule has 2 heterocycles. The van der Waals surface area contributed by atoms with Gasteiger partial charge in [0, 0.05) is 47.8 Å². The summed E-state index contributed by atoms with van der Waals surface area (Å²) in [6.45, 7) is 14.2. The Labute approximate surface area is 122 Å². The summed E-state index contributed by atoms with van der Waals surface area (Å²) in [6, 6.07) is 2.61. The number of pyridine rings is 1. The van der Waals surface area contributed by atoms with Crippen LogP contribution >= 0.6 is 0 Å². The third-order valence-electron chi connectivity index (χ3n) is 3.58. The van der Waals surface area contributed by atoms with Crippen molar-refractivity contribution in [1.29, 1.82) is 0 Å². The molecular formula is C16H27N3O. The molecule has 0 spiro atoms. The molecule has 1 aliphatic heterocycles. The highest BCUT2D eigenvalue weighted by molar-refractivity contribution is 5.54. The Bertz CT molecular complexity index is 454. The molecule has 4 nitrogen and oxygen atoms in total. The summed E-state index contributed by atoms with van der Waals surface area (Å²) < 4.78 is 5.54. The normalized spacial score (nSPS) is 20.2. The SMILES string of the molecule is Cc1cc(N2CCOCC2C)c(CNC(C)(C)C)cn1. The molecule has 1 aliphatic rings. The number of anilines is 1. The van der Waals surface area contributed by atoms with Crippen LogP contribution in [-0.2, 0) is 11.3 Å². The van der Waals surface area contributed by atoms with Gasteiger partial charge in [-0.2, -0.15) is 0 Å². The Morgan fingerprint density at radius 2 is 2.20 bits per heavy atom. The minimum atomic E-state index is 0.110. The van der Waals surface area contributed by atoms with Crippen LogP contribution in [0.25, 0.3) is 0 Å². The van der Waals surface area contributed by atoms with E-state index in [1.165, 1.54) is 11.3 Å². The molecule has 2 rings (SSSR count). The van der Waals surface area contributed by atoms with E-state index in [-0.39, 0.29) is 5.54 Å². The maximum absolute atomic E-state index is 5.54. The zero-order chi connectivity index (χ0) is 14.8. The molecule has 1 saturated heterocycles. The smallest absolute Gasteiger partial charge is 0.0668 e. The fraction of sp³-hybridized carbons (Fsp3) is 0.688. The Morgan fingerprint density at radius 3 is 2.85 bits per heavy atom. The van der Waals surface area contributed by atoms with Gasteiger partial charge in [0.05, 0.1) is 13.2 Å². The van der Waals surface area contributed by atoms with Gasteiger partial charge in [0.15, 0.2) is 0 Å². The van der Waals surface area contributed by atoms with Crippen LogP contribution in [-0.4, -0.2) is 36.3 Å². The van der Waals surface area contributed by atoms with Crippen molar-refractivity contribution in [3.8, 4) is 0 Å². The number of aromatic nitrogens is 1. The van der Waals surface area contributed by atoms with Gasteiger partial charge in [-0.1, -0.05) is 0 Å². The number of nitrogens with one attached hydrogen (secondary N) is 1. The summed E-state index contributed by atoms with van der Waals surface area (Å²) in [5, 5.41) is 3.55. The van der Waals surface area contributed by atoms with Crippen molar-refractivity contribution in [3.05, 3.63) is 23.5 Å². The highest BCUT2D eigenvalue weighted by Crippen LogP contribution is 2.25. The molecule has 1 aromatic heterocycles. The summed E-state index contributed by atoms with van der Waals surface area (Å²) in [7, 11) is 0. The molecule has 20 heavy (non-hydrogen) atoms. The lowest BCUT2D eigenvalue weighted by Gasteiger charge is -2.37. The highest BCUT2D eigenvalue weighted by atomic mass is 16.5. The number of ether oxygens (including phenoxy) is 1. The maximum atomic E-state index is 5.54. The average molecular weight is 277 g/mol. The molecule has 0 aromatic carbocycles. The number of hydrogen-bond donors (Lipinski definition) is 1. The topological polar surface area (TPSA) is 37.4 Å². The van der Waals surface area contributed by atoms with E-state index in [1.54, 1.807) is 0 Å². The molecule has 1 fully saturated rings. The number of hydrogen-bond acceptors (Lipinski definition) is 4. The van der Waals surface area contributed by atoms with Crippen LogP contribution in [0.2, 0.25) is 0 Å². The first-order valence-corrected chi connectivity index (χ1v) is 7.42. The van der Waals surface area contributed by atoms with Crippen molar-refractivity contribution in [1.82, 2.24) is 10.3 Å². The fourth-order valence-electron chi connectivity index (χ4n) is 2.42. The average Bonchev–Trinajstić information content (AvgIpc) is 2.37. The van der Waals surface area contributed by atoms with E-state index in [0.29, 0.717) is 6.04 Å². The summed E-state index contributed by atoms with van der Waals surface area (Å²) in [5.74, 6) is 0. The first-order chi connectivity index (χ1) is 9.37. The van der Waals surface area contributed by atoms with Gasteiger partial charge in [-0.25, -0.2) is 0 Å². The first kappa shape index (κ1) is 15.3. The standard InChI is InChI=1S/C16H27N3O/c1-12-8-15(19-6-7-20-11-13(19)2)14(9-17-12)10-18-16(3,4)5/h8-9,13,18H,6-7,10-11H2,1-5H3. The van der Waals surface area contributed by atoms with Gasteiger partial charge in [-0.3, -0.25) is 4.98 Å². The predicted molar refractivity (Wildman–Crippen MR) is 83.2 cm³/mol. The lowest BCUT2D eigenvalue weighted by Crippen LogP contribution is -2.44. The zero-order valence-corrected chi connectivity index (χ0v) is 13.4. The fourth-order valence-corrected chi connectivity index (χ4v) is 2.42. The molecule has 0 bridgehead atoms. The van der Waals surface area contributed by atoms with E-state index in [1.807, 2.05) is 6.20 Å². The second-order valence-corrected chi connectivity index (χ2v) is 6.68. The first-order valence-electron chi connectivity index (χ1n) is 7.42. The minimum Gasteiger partial charge on any atom is -0.377 e. The van der Waals surface area contributed by atoms with Crippen molar-refractivity contribution < 1.29 is 4.74 Å². The van der Waals surface area contributed by atoms with E-state index < -0.39 is 0 Å². The van der Waals surface area contributed by atoms with E-state index in [2.05, 4.69) is 55.9 Å². The van der Waals surface area contributed by atoms with Gasteiger partial charge < -0.3 is 15.0 Å². The van der Waals surface area contributed by atoms with Crippen molar-refractivity contribution >= 4 is 5.69 Å². The van der Waals surface area contributed by atoms with Crippen LogP contribution in [0.4, 0.5) is 5.69 Å². The number of morpholine rings is 1. The summed E-state index contributed by atoms with van der Waals surface area (Å²) in [4.78, 5) is 6.90. The van der Waals surface area contributed by atoms with Crippen LogP contribution < -0.4 is 10.2 Å².